The fraction of sp³-hybridized carbons (Fsp3) is 0. The number of rotatable bonds is 1. The number of benzene rings is 1. The maximum atomic E-state index is 12.8. The van der Waals surface area contributed by atoms with Gasteiger partial charge in [0.05, 0.1) is 17.5 Å². The van der Waals surface area contributed by atoms with Crippen molar-refractivity contribution in [2.45, 2.75) is 0 Å². The van der Waals surface area contributed by atoms with E-state index in [0.717, 1.165) is 5.56 Å². The van der Waals surface area contributed by atoms with Crippen LogP contribution in [0.2, 0.25) is 0 Å². The fourth-order valence-corrected chi connectivity index (χ4v) is 1.73. The molecule has 0 saturated heterocycles. The molecule has 0 aliphatic carbocycles. The SMILES string of the molecule is O=c1[nH]cnc2ccc(-c3ccc(F)cc3)nc12. The zero-order valence-electron chi connectivity index (χ0n) is 9.22. The van der Waals surface area contributed by atoms with Crippen molar-refractivity contribution in [3.63, 3.8) is 0 Å². The van der Waals surface area contributed by atoms with E-state index in [0.29, 0.717) is 11.2 Å². The Morgan fingerprint density at radius 2 is 1.83 bits per heavy atom. The number of hydrogen-bond acceptors (Lipinski definition) is 3. The van der Waals surface area contributed by atoms with Gasteiger partial charge in [0, 0.05) is 5.56 Å². The lowest BCUT2D eigenvalue weighted by atomic mass is 10.1. The van der Waals surface area contributed by atoms with E-state index in [2.05, 4.69) is 15.0 Å². The summed E-state index contributed by atoms with van der Waals surface area (Å²) in [6, 6.07) is 9.42. The number of pyridine rings is 1. The number of hydrogen-bond donors (Lipinski definition) is 1. The van der Waals surface area contributed by atoms with Crippen molar-refractivity contribution in [2.75, 3.05) is 0 Å². The number of fused-ring (bicyclic) bond motifs is 1. The minimum absolute atomic E-state index is 0.277. The van der Waals surface area contributed by atoms with Crippen molar-refractivity contribution in [3.8, 4) is 11.3 Å². The van der Waals surface area contributed by atoms with Crippen LogP contribution < -0.4 is 5.56 Å². The number of aromatic nitrogens is 3. The highest BCUT2D eigenvalue weighted by molar-refractivity contribution is 5.76. The van der Waals surface area contributed by atoms with Crippen molar-refractivity contribution >= 4 is 11.0 Å². The molecule has 0 unspecified atom stereocenters. The molecular weight excluding hydrogens is 233 g/mol. The molecule has 2 heterocycles. The monoisotopic (exact) mass is 241 g/mol. The summed E-state index contributed by atoms with van der Waals surface area (Å²) >= 11 is 0. The molecule has 0 atom stereocenters. The molecule has 0 spiro atoms. The van der Waals surface area contributed by atoms with E-state index in [9.17, 15) is 9.18 Å². The lowest BCUT2D eigenvalue weighted by Gasteiger charge is -2.02. The van der Waals surface area contributed by atoms with E-state index in [-0.39, 0.29) is 16.9 Å². The first-order valence-corrected chi connectivity index (χ1v) is 5.34. The summed E-state index contributed by atoms with van der Waals surface area (Å²) in [4.78, 5) is 22.3. The summed E-state index contributed by atoms with van der Waals surface area (Å²) in [6.45, 7) is 0. The molecule has 0 amide bonds. The van der Waals surface area contributed by atoms with Gasteiger partial charge in [-0.05, 0) is 36.4 Å². The van der Waals surface area contributed by atoms with Crippen LogP contribution in [0.15, 0.2) is 47.5 Å². The first kappa shape index (κ1) is 10.6. The van der Waals surface area contributed by atoms with E-state index < -0.39 is 0 Å². The molecule has 4 nitrogen and oxygen atoms in total. The van der Waals surface area contributed by atoms with Crippen LogP contribution in [0.25, 0.3) is 22.3 Å². The molecule has 2 aromatic heterocycles. The third-order valence-electron chi connectivity index (χ3n) is 2.63. The van der Waals surface area contributed by atoms with Gasteiger partial charge in [0.15, 0.2) is 5.52 Å². The maximum absolute atomic E-state index is 12.8. The van der Waals surface area contributed by atoms with Crippen molar-refractivity contribution in [2.24, 2.45) is 0 Å². The Bertz CT molecular complexity index is 765. The molecule has 18 heavy (non-hydrogen) atoms. The van der Waals surface area contributed by atoms with Gasteiger partial charge in [0.25, 0.3) is 5.56 Å². The van der Waals surface area contributed by atoms with Crippen LogP contribution >= 0.6 is 0 Å². The predicted molar refractivity (Wildman–Crippen MR) is 65.6 cm³/mol. The molecule has 0 radical (unpaired) electrons. The second-order valence-electron chi connectivity index (χ2n) is 3.80. The molecule has 1 aromatic carbocycles. The first-order valence-electron chi connectivity index (χ1n) is 5.34. The molecule has 0 saturated carbocycles. The first-order chi connectivity index (χ1) is 8.74. The fourth-order valence-electron chi connectivity index (χ4n) is 1.73. The van der Waals surface area contributed by atoms with Crippen LogP contribution in [-0.4, -0.2) is 15.0 Å². The van der Waals surface area contributed by atoms with Crippen molar-refractivity contribution in [3.05, 3.63) is 58.9 Å². The van der Waals surface area contributed by atoms with Gasteiger partial charge in [-0.25, -0.2) is 14.4 Å². The van der Waals surface area contributed by atoms with Gasteiger partial charge < -0.3 is 4.98 Å². The largest absolute Gasteiger partial charge is 0.311 e. The van der Waals surface area contributed by atoms with Gasteiger partial charge >= 0.3 is 0 Å². The van der Waals surface area contributed by atoms with Gasteiger partial charge in [0.1, 0.15) is 5.82 Å². The molecule has 0 aliphatic rings. The van der Waals surface area contributed by atoms with Crippen LogP contribution in [0.4, 0.5) is 4.39 Å². The van der Waals surface area contributed by atoms with Gasteiger partial charge in [-0.1, -0.05) is 0 Å². The molecule has 5 heteroatoms. The Hall–Kier alpha value is -2.56. The van der Waals surface area contributed by atoms with E-state index >= 15 is 0 Å². The Balaban J connectivity index is 2.22. The second-order valence-corrected chi connectivity index (χ2v) is 3.80. The summed E-state index contributed by atoms with van der Waals surface area (Å²) < 4.78 is 12.8. The second kappa shape index (κ2) is 4.03. The summed E-state index contributed by atoms with van der Waals surface area (Å²) in [5.41, 5.74) is 1.88. The topological polar surface area (TPSA) is 58.6 Å². The average molecular weight is 241 g/mol. The highest BCUT2D eigenvalue weighted by Gasteiger charge is 2.04. The Morgan fingerprint density at radius 3 is 2.61 bits per heavy atom. The van der Waals surface area contributed by atoms with Crippen molar-refractivity contribution in [1.29, 1.82) is 0 Å². The molecule has 0 bridgehead atoms. The van der Waals surface area contributed by atoms with Crippen LogP contribution in [0, 0.1) is 5.82 Å². The highest BCUT2D eigenvalue weighted by atomic mass is 19.1. The molecule has 1 N–H and O–H groups in total. The molecule has 0 aliphatic heterocycles. The molecular formula is C13H8FN3O. The van der Waals surface area contributed by atoms with Crippen LogP contribution in [-0.2, 0) is 0 Å². The van der Waals surface area contributed by atoms with E-state index in [1.807, 2.05) is 0 Å². The summed E-state index contributed by atoms with van der Waals surface area (Å²) in [7, 11) is 0. The highest BCUT2D eigenvalue weighted by Crippen LogP contribution is 2.18. The third kappa shape index (κ3) is 1.75. The average Bonchev–Trinajstić information content (AvgIpc) is 2.40. The standard InChI is InChI=1S/C13H8FN3O/c14-9-3-1-8(2-4-9)10-5-6-11-12(17-10)13(18)16-7-15-11/h1-7H,(H,15,16,18). The van der Waals surface area contributed by atoms with E-state index in [1.54, 1.807) is 24.3 Å². The molecule has 0 fully saturated rings. The normalized spacial score (nSPS) is 10.7. The van der Waals surface area contributed by atoms with Crippen LogP contribution in [0.5, 0.6) is 0 Å². The van der Waals surface area contributed by atoms with E-state index in [4.69, 9.17) is 0 Å². The Labute approximate surface area is 101 Å². The van der Waals surface area contributed by atoms with Gasteiger partial charge in [-0.15, -0.1) is 0 Å². The van der Waals surface area contributed by atoms with Crippen LogP contribution in [0.1, 0.15) is 0 Å². The number of nitrogens with zero attached hydrogens (tertiary/aromatic N) is 2. The zero-order valence-corrected chi connectivity index (χ0v) is 9.22. The number of nitrogens with one attached hydrogen (secondary N) is 1. The maximum Gasteiger partial charge on any atom is 0.277 e. The molecule has 3 rings (SSSR count). The number of halogens is 1. The van der Waals surface area contributed by atoms with E-state index in [1.165, 1.54) is 18.5 Å². The number of aromatic amines is 1. The lowest BCUT2D eigenvalue weighted by Crippen LogP contribution is -2.08. The van der Waals surface area contributed by atoms with Crippen LogP contribution in [0.3, 0.4) is 0 Å². The minimum Gasteiger partial charge on any atom is -0.311 e. The molecule has 3 aromatic rings. The van der Waals surface area contributed by atoms with Gasteiger partial charge in [-0.2, -0.15) is 0 Å². The van der Waals surface area contributed by atoms with Gasteiger partial charge in [0.2, 0.25) is 0 Å². The van der Waals surface area contributed by atoms with Gasteiger partial charge in [-0.3, -0.25) is 4.79 Å². The Morgan fingerprint density at radius 1 is 1.06 bits per heavy atom. The Kier molecular flexibility index (Phi) is 2.37. The summed E-state index contributed by atoms with van der Waals surface area (Å²) in [5, 5.41) is 0. The molecule has 88 valence electrons. The smallest absolute Gasteiger partial charge is 0.277 e. The number of H-pyrrole nitrogens is 1. The minimum atomic E-state index is -0.306. The summed E-state index contributed by atoms with van der Waals surface area (Å²) in [5.74, 6) is -0.306. The third-order valence-corrected chi connectivity index (χ3v) is 2.63. The zero-order chi connectivity index (χ0) is 12.5. The van der Waals surface area contributed by atoms with Crippen molar-refractivity contribution < 1.29 is 4.39 Å². The predicted octanol–water partition coefficient (Wildman–Crippen LogP) is 2.12. The summed E-state index contributed by atoms with van der Waals surface area (Å²) in [6.07, 6.45) is 1.34. The quantitative estimate of drug-likeness (QED) is 0.710. The van der Waals surface area contributed by atoms with Crippen molar-refractivity contribution in [1.82, 2.24) is 15.0 Å². The lowest BCUT2D eigenvalue weighted by molar-refractivity contribution is 0.628.